The van der Waals surface area contributed by atoms with Crippen LogP contribution < -0.4 is 9.62 Å². The Labute approximate surface area is 159 Å². The molecule has 4 nitrogen and oxygen atoms in total. The summed E-state index contributed by atoms with van der Waals surface area (Å²) in [6.45, 7) is 6.30. The van der Waals surface area contributed by atoms with Crippen molar-refractivity contribution in [3.8, 4) is 0 Å². The fraction of sp³-hybridized carbons (Fsp3) is 0.0909. The molecule has 1 unspecified atom stereocenters. The molecule has 3 aromatic carbocycles. The zero-order valence-electron chi connectivity index (χ0n) is 15.1. The van der Waals surface area contributed by atoms with Crippen molar-refractivity contribution in [3.63, 3.8) is 0 Å². The fourth-order valence-electron chi connectivity index (χ4n) is 3.51. The number of benzene rings is 3. The summed E-state index contributed by atoms with van der Waals surface area (Å²) < 4.78 is 16.4. The number of rotatable bonds is 5. The molecule has 1 aliphatic rings. The summed E-state index contributed by atoms with van der Waals surface area (Å²) in [4.78, 5) is 15.0. The van der Waals surface area contributed by atoms with Crippen molar-refractivity contribution in [2.75, 3.05) is 16.2 Å². The highest BCUT2D eigenvalue weighted by Gasteiger charge is 2.29. The smallest absolute Gasteiger partial charge is 0.258 e. The summed E-state index contributed by atoms with van der Waals surface area (Å²) >= 11 is 0. The van der Waals surface area contributed by atoms with Crippen LogP contribution in [0.3, 0.4) is 0 Å². The summed E-state index contributed by atoms with van der Waals surface area (Å²) in [5.41, 5.74) is 3.23. The molecule has 0 bridgehead atoms. The zero-order chi connectivity index (χ0) is 19.2. The van der Waals surface area contributed by atoms with Gasteiger partial charge in [-0.05, 0) is 48.7 Å². The summed E-state index contributed by atoms with van der Waals surface area (Å²) in [5, 5.41) is 1.76. The Morgan fingerprint density at radius 3 is 2.52 bits per heavy atom. The molecule has 5 heteroatoms. The van der Waals surface area contributed by atoms with Crippen LogP contribution in [0.15, 0.2) is 66.1 Å². The van der Waals surface area contributed by atoms with E-state index in [1.807, 2.05) is 49.4 Å². The minimum Gasteiger partial charge on any atom is -0.309 e. The number of carbonyl (C=O) groups is 1. The molecule has 0 aliphatic carbocycles. The van der Waals surface area contributed by atoms with Crippen molar-refractivity contribution in [1.82, 2.24) is 0 Å². The lowest BCUT2D eigenvalue weighted by Gasteiger charge is -2.17. The number of nitrogens with zero attached hydrogens (tertiary/aromatic N) is 1. The second-order valence-electron chi connectivity index (χ2n) is 6.46. The van der Waals surface area contributed by atoms with Gasteiger partial charge in [0.05, 0.1) is 21.1 Å². The second-order valence-corrected chi connectivity index (χ2v) is 8.49. The molecule has 27 heavy (non-hydrogen) atoms. The molecule has 1 N–H and O–H groups in total. The van der Waals surface area contributed by atoms with Gasteiger partial charge in [-0.2, -0.15) is 0 Å². The van der Waals surface area contributed by atoms with Crippen LogP contribution in [0.1, 0.15) is 22.8 Å². The quantitative estimate of drug-likeness (QED) is 0.664. The topological polar surface area (TPSA) is 49.4 Å². The van der Waals surface area contributed by atoms with E-state index < -0.39 is 9.71 Å². The Balaban J connectivity index is 1.81. The highest BCUT2D eigenvalue weighted by molar-refractivity contribution is 8.01. The molecule has 3 aromatic rings. The molecule has 1 amide bonds. The molecule has 136 valence electrons. The summed E-state index contributed by atoms with van der Waals surface area (Å²) in [7, 11) is -2.75. The maximum Gasteiger partial charge on any atom is 0.258 e. The summed E-state index contributed by atoms with van der Waals surface area (Å²) in [6.07, 6.45) is 1.74. The van der Waals surface area contributed by atoms with Crippen molar-refractivity contribution in [1.29, 1.82) is 0 Å². The summed E-state index contributed by atoms with van der Waals surface area (Å²) in [6, 6.07) is 16.7. The molecule has 1 aliphatic heterocycles. The van der Waals surface area contributed by atoms with Gasteiger partial charge in [-0.25, -0.2) is 4.21 Å². The predicted molar refractivity (Wildman–Crippen MR) is 115 cm³/mol. The highest BCUT2D eigenvalue weighted by Crippen LogP contribution is 2.40. The lowest BCUT2D eigenvalue weighted by molar-refractivity contribution is 0.0994. The third kappa shape index (κ3) is 2.71. The molecule has 0 spiro atoms. The Morgan fingerprint density at radius 2 is 1.85 bits per heavy atom. The molecule has 0 fully saturated rings. The molecule has 0 radical (unpaired) electrons. The third-order valence-corrected chi connectivity index (χ3v) is 6.46. The maximum absolute atomic E-state index is 13.2. The van der Waals surface area contributed by atoms with E-state index >= 15 is 0 Å². The number of hydrogen-bond acceptors (Lipinski definition) is 2. The molecule has 0 saturated carbocycles. The van der Waals surface area contributed by atoms with Gasteiger partial charge in [-0.15, -0.1) is 0 Å². The van der Waals surface area contributed by atoms with Crippen LogP contribution >= 0.6 is 0 Å². The first-order valence-corrected chi connectivity index (χ1v) is 10.4. The van der Waals surface area contributed by atoms with E-state index in [0.29, 0.717) is 22.7 Å². The summed E-state index contributed by atoms with van der Waals surface area (Å²) in [5.74, 6) is 3.92. The van der Waals surface area contributed by atoms with Gasteiger partial charge < -0.3 is 9.62 Å². The van der Waals surface area contributed by atoms with E-state index in [9.17, 15) is 9.00 Å². The highest BCUT2D eigenvalue weighted by atomic mass is 32.2. The van der Waals surface area contributed by atoms with Crippen molar-refractivity contribution in [3.05, 3.63) is 72.3 Å². The van der Waals surface area contributed by atoms with E-state index in [1.54, 1.807) is 23.1 Å². The molecule has 4 rings (SSSR count). The average Bonchev–Trinajstić information content (AvgIpc) is 2.96. The maximum atomic E-state index is 13.2. The van der Waals surface area contributed by atoms with E-state index in [2.05, 4.69) is 17.2 Å². The van der Waals surface area contributed by atoms with Gasteiger partial charge in [0.2, 0.25) is 0 Å². The van der Waals surface area contributed by atoms with Crippen LogP contribution in [0.5, 0.6) is 0 Å². The van der Waals surface area contributed by atoms with Gasteiger partial charge in [0, 0.05) is 27.8 Å². The minimum absolute atomic E-state index is 0.00520. The first-order chi connectivity index (χ1) is 13.0. The third-order valence-electron chi connectivity index (χ3n) is 4.87. The standard InChI is InChI=1S/C22H20N2O2S/c1-4-15-9-11-16(12-10-15)27(3,26)23-19-13-14-20-21-17(19)7-6-8-18(21)22(25)24(20)5-2/h4,6-14H,1,3,5H2,2H3,(H,23,26). The van der Waals surface area contributed by atoms with Crippen molar-refractivity contribution >= 4 is 49.7 Å². The Kier molecular flexibility index (Phi) is 4.04. The second kappa shape index (κ2) is 6.28. The van der Waals surface area contributed by atoms with Crippen molar-refractivity contribution in [2.24, 2.45) is 0 Å². The zero-order valence-corrected chi connectivity index (χ0v) is 15.9. The molecular weight excluding hydrogens is 356 g/mol. The van der Waals surface area contributed by atoms with E-state index in [1.165, 1.54) is 0 Å². The molecule has 1 heterocycles. The lowest BCUT2D eigenvalue weighted by atomic mass is 10.0. The normalized spacial score (nSPS) is 15.0. The SMILES string of the molecule is C=Cc1ccc(S(=C)(=O)Nc2ccc3c4c(cccc24)C(=O)N3CC)cc1. The predicted octanol–water partition coefficient (Wildman–Crippen LogP) is 4.57. The van der Waals surface area contributed by atoms with Crippen LogP contribution in [0.2, 0.25) is 0 Å². The Hall–Kier alpha value is -3.05. The molecule has 0 aromatic heterocycles. The fourth-order valence-corrected chi connectivity index (χ4v) is 4.74. The van der Waals surface area contributed by atoms with Crippen LogP contribution in [-0.4, -0.2) is 22.5 Å². The number of amides is 1. The number of carbonyl (C=O) groups excluding carboxylic acids is 1. The lowest BCUT2D eigenvalue weighted by Crippen LogP contribution is -2.25. The van der Waals surface area contributed by atoms with Crippen LogP contribution in [0.4, 0.5) is 11.4 Å². The average molecular weight is 376 g/mol. The van der Waals surface area contributed by atoms with Crippen LogP contribution in [0, 0.1) is 0 Å². The van der Waals surface area contributed by atoms with Crippen LogP contribution in [0.25, 0.3) is 16.8 Å². The van der Waals surface area contributed by atoms with Gasteiger partial charge in [0.1, 0.15) is 0 Å². The van der Waals surface area contributed by atoms with E-state index in [-0.39, 0.29) is 5.91 Å². The molecular formula is C22H20N2O2S. The van der Waals surface area contributed by atoms with Gasteiger partial charge in [0.25, 0.3) is 5.91 Å². The van der Waals surface area contributed by atoms with Gasteiger partial charge >= 0.3 is 0 Å². The van der Waals surface area contributed by atoms with E-state index in [4.69, 9.17) is 0 Å². The number of anilines is 2. The van der Waals surface area contributed by atoms with Crippen molar-refractivity contribution < 1.29 is 9.00 Å². The minimum atomic E-state index is -2.75. The largest absolute Gasteiger partial charge is 0.309 e. The first kappa shape index (κ1) is 17.4. The molecule has 1 atom stereocenters. The first-order valence-electron chi connectivity index (χ1n) is 8.71. The molecule has 0 saturated heterocycles. The monoisotopic (exact) mass is 376 g/mol. The van der Waals surface area contributed by atoms with Gasteiger partial charge in [-0.3, -0.25) is 4.79 Å². The van der Waals surface area contributed by atoms with Gasteiger partial charge in [0.15, 0.2) is 0 Å². The van der Waals surface area contributed by atoms with Crippen LogP contribution in [-0.2, 0) is 9.71 Å². The Bertz CT molecular complexity index is 1180. The van der Waals surface area contributed by atoms with E-state index in [0.717, 1.165) is 22.0 Å². The van der Waals surface area contributed by atoms with Gasteiger partial charge in [-0.1, -0.05) is 36.9 Å². The Morgan fingerprint density at radius 1 is 1.11 bits per heavy atom. The van der Waals surface area contributed by atoms with Crippen molar-refractivity contribution in [2.45, 2.75) is 11.8 Å². The number of nitrogens with one attached hydrogen (secondary N) is 1. The number of hydrogen-bond donors (Lipinski definition) is 1.